The van der Waals surface area contributed by atoms with Crippen molar-refractivity contribution in [2.24, 2.45) is 0 Å². The number of nitrogens with zero attached hydrogens (tertiary/aromatic N) is 2. The van der Waals surface area contributed by atoms with Gasteiger partial charge in [-0.1, -0.05) is 60.7 Å². The second-order valence-electron chi connectivity index (χ2n) is 10.2. The highest BCUT2D eigenvalue weighted by atomic mass is 16.3. The Morgan fingerprint density at radius 1 is 0.538 bits per heavy atom. The third-order valence-electron chi connectivity index (χ3n) is 8.03. The molecule has 3 nitrogen and oxygen atoms in total. The molecule has 3 heterocycles. The summed E-state index contributed by atoms with van der Waals surface area (Å²) in [6, 6.07) is 39.0. The highest BCUT2D eigenvalue weighted by molar-refractivity contribution is 6.10. The van der Waals surface area contributed by atoms with Crippen LogP contribution in [0.25, 0.3) is 72.1 Å². The van der Waals surface area contributed by atoms with Crippen LogP contribution in [0.3, 0.4) is 0 Å². The van der Waals surface area contributed by atoms with Crippen molar-refractivity contribution in [3.8, 4) is 11.4 Å². The summed E-state index contributed by atoms with van der Waals surface area (Å²) in [5.74, 6) is 0. The van der Waals surface area contributed by atoms with Gasteiger partial charge < -0.3 is 13.6 Å². The number of para-hydroxylation sites is 3. The standard InChI is InChI=1S/C36H26N2O/c1-3-10-31-23(2)26-11-4-7-14-32(26)37(31)24-17-19-35-29(21-24)30-22-25(18-20-36(30)39-35)38-33-15-8-5-12-27(33)28-13-6-9-16-34(28)38/h3-22H,1-2H3/b10-3-. The molecule has 5 aromatic carbocycles. The fraction of sp³-hybridized carbons (Fsp3) is 0.0556. The second-order valence-corrected chi connectivity index (χ2v) is 10.2. The number of benzene rings is 5. The zero-order chi connectivity index (χ0) is 26.1. The minimum atomic E-state index is 0.897. The topological polar surface area (TPSA) is 23.0 Å². The first-order chi connectivity index (χ1) is 19.2. The lowest BCUT2D eigenvalue weighted by molar-refractivity contribution is 0.669. The summed E-state index contributed by atoms with van der Waals surface area (Å²) in [6.07, 6.45) is 4.31. The lowest BCUT2D eigenvalue weighted by Crippen LogP contribution is -1.97. The molecule has 0 fully saturated rings. The Labute approximate surface area is 225 Å². The molecule has 3 aromatic heterocycles. The molecule has 0 saturated heterocycles. The van der Waals surface area contributed by atoms with E-state index in [1.165, 1.54) is 44.0 Å². The molecular weight excluding hydrogens is 476 g/mol. The molecule has 8 rings (SSSR count). The maximum atomic E-state index is 6.33. The first kappa shape index (κ1) is 22.0. The Morgan fingerprint density at radius 2 is 1.03 bits per heavy atom. The van der Waals surface area contributed by atoms with E-state index < -0.39 is 0 Å². The fourth-order valence-electron chi connectivity index (χ4n) is 6.29. The summed E-state index contributed by atoms with van der Waals surface area (Å²) >= 11 is 0. The van der Waals surface area contributed by atoms with Crippen LogP contribution in [0.2, 0.25) is 0 Å². The van der Waals surface area contributed by atoms with E-state index in [0.717, 1.165) is 33.3 Å². The second kappa shape index (κ2) is 8.24. The number of furan rings is 1. The zero-order valence-electron chi connectivity index (χ0n) is 21.8. The Morgan fingerprint density at radius 3 is 1.59 bits per heavy atom. The van der Waals surface area contributed by atoms with Crippen LogP contribution in [0.1, 0.15) is 18.2 Å². The summed E-state index contributed by atoms with van der Waals surface area (Å²) in [5.41, 5.74) is 10.2. The molecule has 0 bridgehead atoms. The number of hydrogen-bond acceptors (Lipinski definition) is 1. The molecule has 0 N–H and O–H groups in total. The summed E-state index contributed by atoms with van der Waals surface area (Å²) in [5, 5.41) is 6.04. The van der Waals surface area contributed by atoms with Crippen molar-refractivity contribution < 1.29 is 4.42 Å². The van der Waals surface area contributed by atoms with Gasteiger partial charge in [-0.3, -0.25) is 0 Å². The molecule has 8 aromatic rings. The number of aromatic nitrogens is 2. The van der Waals surface area contributed by atoms with Gasteiger partial charge in [-0.05, 0) is 80.1 Å². The van der Waals surface area contributed by atoms with Crippen LogP contribution in [0.15, 0.2) is 120 Å². The molecule has 0 atom stereocenters. The molecule has 0 aliphatic carbocycles. The van der Waals surface area contributed by atoms with Crippen molar-refractivity contribution in [3.05, 3.63) is 127 Å². The third kappa shape index (κ3) is 3.10. The predicted molar refractivity (Wildman–Crippen MR) is 164 cm³/mol. The van der Waals surface area contributed by atoms with Gasteiger partial charge in [0.2, 0.25) is 0 Å². The molecule has 0 saturated carbocycles. The Hall–Kier alpha value is -5.02. The van der Waals surface area contributed by atoms with Crippen molar-refractivity contribution in [2.75, 3.05) is 0 Å². The van der Waals surface area contributed by atoms with Crippen LogP contribution in [-0.4, -0.2) is 9.13 Å². The first-order valence-electron chi connectivity index (χ1n) is 13.4. The number of allylic oxidation sites excluding steroid dienone is 1. The highest BCUT2D eigenvalue weighted by Gasteiger charge is 2.17. The van der Waals surface area contributed by atoms with E-state index in [4.69, 9.17) is 4.42 Å². The van der Waals surface area contributed by atoms with Gasteiger partial charge in [-0.15, -0.1) is 0 Å². The van der Waals surface area contributed by atoms with Crippen LogP contribution in [0, 0.1) is 6.92 Å². The van der Waals surface area contributed by atoms with Gasteiger partial charge in [-0.25, -0.2) is 0 Å². The fourth-order valence-corrected chi connectivity index (χ4v) is 6.29. The smallest absolute Gasteiger partial charge is 0.135 e. The largest absolute Gasteiger partial charge is 0.456 e. The van der Waals surface area contributed by atoms with Crippen LogP contribution in [0.4, 0.5) is 0 Å². The van der Waals surface area contributed by atoms with Crippen molar-refractivity contribution in [1.82, 2.24) is 9.13 Å². The van der Waals surface area contributed by atoms with E-state index in [2.05, 4.69) is 144 Å². The lowest BCUT2D eigenvalue weighted by Gasteiger charge is -2.10. The monoisotopic (exact) mass is 502 g/mol. The highest BCUT2D eigenvalue weighted by Crippen LogP contribution is 2.37. The van der Waals surface area contributed by atoms with Gasteiger partial charge >= 0.3 is 0 Å². The van der Waals surface area contributed by atoms with Gasteiger partial charge in [0.05, 0.1) is 16.6 Å². The minimum Gasteiger partial charge on any atom is -0.456 e. The molecule has 0 amide bonds. The van der Waals surface area contributed by atoms with Crippen LogP contribution in [0.5, 0.6) is 0 Å². The summed E-state index contributed by atoms with van der Waals surface area (Å²) in [7, 11) is 0. The minimum absolute atomic E-state index is 0.897. The van der Waals surface area contributed by atoms with Gasteiger partial charge in [0.15, 0.2) is 0 Å². The van der Waals surface area contributed by atoms with E-state index in [-0.39, 0.29) is 0 Å². The maximum absolute atomic E-state index is 6.33. The number of rotatable bonds is 3. The molecular formula is C36H26N2O. The molecule has 0 spiro atoms. The average molecular weight is 503 g/mol. The van der Waals surface area contributed by atoms with Crippen molar-refractivity contribution in [1.29, 1.82) is 0 Å². The molecule has 3 heteroatoms. The Kier molecular flexibility index (Phi) is 4.65. The Bertz CT molecular complexity index is 2200. The molecule has 0 unspecified atom stereocenters. The number of hydrogen-bond donors (Lipinski definition) is 0. The SMILES string of the molecule is C/C=C\c1c(C)c2ccccc2n1-c1ccc2oc3ccc(-n4c5ccccc5c5ccccc54)cc3c2c1. The maximum Gasteiger partial charge on any atom is 0.135 e. The van der Waals surface area contributed by atoms with E-state index in [9.17, 15) is 0 Å². The normalized spacial score (nSPS) is 12.3. The molecule has 0 aliphatic rings. The summed E-state index contributed by atoms with van der Waals surface area (Å²) in [4.78, 5) is 0. The third-order valence-corrected chi connectivity index (χ3v) is 8.03. The Balaban J connectivity index is 1.40. The summed E-state index contributed by atoms with van der Waals surface area (Å²) < 4.78 is 11.1. The van der Waals surface area contributed by atoms with Crippen LogP contribution >= 0.6 is 0 Å². The number of aryl methyl sites for hydroxylation is 1. The first-order valence-corrected chi connectivity index (χ1v) is 13.4. The molecule has 0 aliphatic heterocycles. The molecule has 39 heavy (non-hydrogen) atoms. The van der Waals surface area contributed by atoms with E-state index in [1.807, 2.05) is 0 Å². The van der Waals surface area contributed by atoms with Crippen molar-refractivity contribution in [3.63, 3.8) is 0 Å². The van der Waals surface area contributed by atoms with Crippen LogP contribution < -0.4 is 0 Å². The zero-order valence-corrected chi connectivity index (χ0v) is 21.8. The quantitative estimate of drug-likeness (QED) is 0.236. The lowest BCUT2D eigenvalue weighted by atomic mass is 10.1. The van der Waals surface area contributed by atoms with Crippen molar-refractivity contribution >= 4 is 60.7 Å². The van der Waals surface area contributed by atoms with Gasteiger partial charge in [0.25, 0.3) is 0 Å². The predicted octanol–water partition coefficient (Wildman–Crippen LogP) is 9.97. The van der Waals surface area contributed by atoms with Gasteiger partial charge in [0, 0.05) is 44.0 Å². The number of fused-ring (bicyclic) bond motifs is 7. The van der Waals surface area contributed by atoms with E-state index in [1.54, 1.807) is 0 Å². The van der Waals surface area contributed by atoms with Gasteiger partial charge in [-0.2, -0.15) is 0 Å². The molecule has 186 valence electrons. The average Bonchev–Trinajstić information content (AvgIpc) is 3.60. The van der Waals surface area contributed by atoms with E-state index in [0.29, 0.717) is 0 Å². The summed E-state index contributed by atoms with van der Waals surface area (Å²) in [6.45, 7) is 4.28. The van der Waals surface area contributed by atoms with Gasteiger partial charge in [0.1, 0.15) is 11.2 Å². The van der Waals surface area contributed by atoms with E-state index >= 15 is 0 Å². The van der Waals surface area contributed by atoms with Crippen LogP contribution in [-0.2, 0) is 0 Å². The van der Waals surface area contributed by atoms with Crippen molar-refractivity contribution in [2.45, 2.75) is 13.8 Å². The molecule has 0 radical (unpaired) electrons.